The fourth-order valence-corrected chi connectivity index (χ4v) is 6.05. The van der Waals surface area contributed by atoms with Crippen LogP contribution in [0.25, 0.3) is 0 Å². The molecule has 0 spiro atoms. The van der Waals surface area contributed by atoms with Crippen LogP contribution in [0.15, 0.2) is 42.5 Å². The van der Waals surface area contributed by atoms with Crippen LogP contribution in [-0.2, 0) is 12.6 Å². The van der Waals surface area contributed by atoms with Crippen molar-refractivity contribution < 1.29 is 18.0 Å². The lowest BCUT2D eigenvalue weighted by Gasteiger charge is -2.41. The maximum Gasteiger partial charge on any atom is 0.416 e. The number of hydrogen-bond acceptors (Lipinski definition) is 4. The monoisotopic (exact) mass is 641 g/mol. The van der Waals surface area contributed by atoms with Gasteiger partial charge in [-0.1, -0.05) is 47.2 Å². The van der Waals surface area contributed by atoms with Crippen LogP contribution in [0, 0.1) is 11.8 Å². The Balaban J connectivity index is 0.00000267. The van der Waals surface area contributed by atoms with Crippen molar-refractivity contribution in [3.8, 4) is 11.8 Å². The second-order valence-corrected chi connectivity index (χ2v) is 11.3. The van der Waals surface area contributed by atoms with Crippen LogP contribution in [0.1, 0.15) is 21.5 Å². The van der Waals surface area contributed by atoms with Crippen LogP contribution in [0.3, 0.4) is 0 Å². The third-order valence-corrected chi connectivity index (χ3v) is 7.90. The molecule has 2 aliphatic heterocycles. The molecule has 4 rings (SSSR count). The largest absolute Gasteiger partial charge is 0.416 e. The average molecular weight is 643 g/mol. The fraction of sp³-hybridized carbons (Fsp3) is 0.444. The van der Waals surface area contributed by atoms with Gasteiger partial charge in [-0.2, -0.15) is 24.9 Å². The number of alkyl halides is 3. The first kappa shape index (κ1) is 33.9. The summed E-state index contributed by atoms with van der Waals surface area (Å²) in [5.74, 6) is 8.61. The highest BCUT2D eigenvalue weighted by Gasteiger charge is 2.32. The van der Waals surface area contributed by atoms with E-state index in [9.17, 15) is 18.0 Å². The van der Waals surface area contributed by atoms with Crippen LogP contribution < -0.4 is 0 Å². The van der Waals surface area contributed by atoms with Gasteiger partial charge in [-0.15, -0.1) is 24.8 Å². The molecule has 2 saturated heterocycles. The van der Waals surface area contributed by atoms with E-state index in [4.69, 9.17) is 23.2 Å². The third-order valence-electron chi connectivity index (χ3n) is 6.52. The number of thioether (sulfide) groups is 1. The lowest BCUT2D eigenvalue weighted by Crippen LogP contribution is -2.56. The van der Waals surface area contributed by atoms with Crippen molar-refractivity contribution in [3.63, 3.8) is 0 Å². The number of carbonyl (C=O) groups excluding carboxylic acids is 1. The molecule has 2 aliphatic rings. The maximum absolute atomic E-state index is 13.4. The zero-order valence-electron chi connectivity index (χ0n) is 21.1. The lowest BCUT2D eigenvalue weighted by molar-refractivity contribution is -0.137. The molecular weight excluding hydrogens is 613 g/mol. The molecule has 4 nitrogen and oxygen atoms in total. The summed E-state index contributed by atoms with van der Waals surface area (Å²) in [5.41, 5.74) is 0.435. The van der Waals surface area contributed by atoms with Crippen molar-refractivity contribution in [2.75, 3.05) is 57.3 Å². The van der Waals surface area contributed by atoms with Gasteiger partial charge < -0.3 is 4.90 Å². The molecular formula is C27H30Cl4F3N3OS. The van der Waals surface area contributed by atoms with Crippen molar-refractivity contribution in [3.05, 3.63) is 69.2 Å². The van der Waals surface area contributed by atoms with E-state index >= 15 is 0 Å². The summed E-state index contributed by atoms with van der Waals surface area (Å²) in [6.45, 7) is 5.14. The molecule has 1 atom stereocenters. The molecule has 39 heavy (non-hydrogen) atoms. The van der Waals surface area contributed by atoms with Crippen LogP contribution in [-0.4, -0.2) is 84.0 Å². The molecule has 2 aromatic rings. The Morgan fingerprint density at radius 1 is 0.897 bits per heavy atom. The summed E-state index contributed by atoms with van der Waals surface area (Å²) < 4.78 is 39.1. The molecule has 214 valence electrons. The predicted octanol–water partition coefficient (Wildman–Crippen LogP) is 6.28. The smallest absolute Gasteiger partial charge is 0.333 e. The summed E-state index contributed by atoms with van der Waals surface area (Å²) >= 11 is 14.2. The van der Waals surface area contributed by atoms with Gasteiger partial charge in [0.15, 0.2) is 0 Å². The number of piperazine rings is 1. The average Bonchev–Trinajstić information content (AvgIpc) is 2.86. The summed E-state index contributed by atoms with van der Waals surface area (Å²) in [6, 6.07) is 9.64. The normalized spacial score (nSPS) is 18.4. The SMILES string of the molecule is Cl.Cl.O=C(c1cc(Cl)cc(Cl)c1)N1CCN(CC#CCN2CCSCC2)C[C@H]1Cc1ccc(C(F)(F)F)cc1. The Kier molecular flexibility index (Phi) is 13.6. The molecule has 2 heterocycles. The summed E-state index contributed by atoms with van der Waals surface area (Å²) in [6.07, 6.45) is -3.97. The minimum atomic E-state index is -4.39. The highest BCUT2D eigenvalue weighted by atomic mass is 35.5. The van der Waals surface area contributed by atoms with Gasteiger partial charge >= 0.3 is 6.18 Å². The zero-order chi connectivity index (χ0) is 26.4. The molecule has 0 bridgehead atoms. The first-order valence-corrected chi connectivity index (χ1v) is 14.0. The van der Waals surface area contributed by atoms with Crippen molar-refractivity contribution in [1.82, 2.24) is 14.7 Å². The number of amides is 1. The van der Waals surface area contributed by atoms with Gasteiger partial charge in [-0.05, 0) is 42.3 Å². The van der Waals surface area contributed by atoms with Crippen molar-refractivity contribution in [1.29, 1.82) is 0 Å². The van der Waals surface area contributed by atoms with Crippen LogP contribution in [0.4, 0.5) is 13.2 Å². The summed E-state index contributed by atoms with van der Waals surface area (Å²) in [4.78, 5) is 19.8. The standard InChI is InChI=1S/C27H28Cl2F3N3OS.2ClH/c28-23-16-21(17-24(29)18-23)26(36)35-10-9-34(8-2-1-7-33-11-13-37-14-12-33)19-25(35)15-20-3-5-22(6-4-20)27(30,31)32;;/h3-6,16-18,25H,7-15,19H2;2*1H/t25-;;/m1../s1. The highest BCUT2D eigenvalue weighted by molar-refractivity contribution is 7.99. The van der Waals surface area contributed by atoms with Gasteiger partial charge in [0, 0.05) is 65.9 Å². The number of nitrogens with zero attached hydrogens (tertiary/aromatic N) is 3. The molecule has 0 aliphatic carbocycles. The lowest BCUT2D eigenvalue weighted by atomic mass is 9.99. The Labute approximate surface area is 254 Å². The number of benzene rings is 2. The van der Waals surface area contributed by atoms with E-state index in [1.54, 1.807) is 23.1 Å². The molecule has 1 amide bonds. The zero-order valence-corrected chi connectivity index (χ0v) is 25.0. The molecule has 0 radical (unpaired) electrons. The van der Waals surface area contributed by atoms with E-state index in [1.807, 2.05) is 11.8 Å². The third kappa shape index (κ3) is 9.93. The first-order valence-electron chi connectivity index (χ1n) is 12.1. The van der Waals surface area contributed by atoms with Crippen LogP contribution in [0.2, 0.25) is 10.0 Å². The van der Waals surface area contributed by atoms with E-state index < -0.39 is 11.7 Å². The number of rotatable bonds is 5. The van der Waals surface area contributed by atoms with E-state index in [1.165, 1.54) is 12.1 Å². The van der Waals surface area contributed by atoms with Gasteiger partial charge in [-0.25, -0.2) is 0 Å². The summed E-state index contributed by atoms with van der Waals surface area (Å²) in [5, 5.41) is 0.743. The Hall–Kier alpha value is -1.31. The van der Waals surface area contributed by atoms with Gasteiger partial charge in [-0.3, -0.25) is 14.6 Å². The minimum absolute atomic E-state index is 0. The Morgan fingerprint density at radius 2 is 1.49 bits per heavy atom. The molecule has 12 heteroatoms. The van der Waals surface area contributed by atoms with Gasteiger partial charge in [0.1, 0.15) is 0 Å². The molecule has 0 N–H and O–H groups in total. The Bertz CT molecular complexity index is 1130. The number of hydrogen-bond donors (Lipinski definition) is 0. The second kappa shape index (κ2) is 15.6. The highest BCUT2D eigenvalue weighted by Crippen LogP contribution is 2.30. The minimum Gasteiger partial charge on any atom is -0.333 e. The fourth-order valence-electron chi connectivity index (χ4n) is 4.55. The van der Waals surface area contributed by atoms with Crippen LogP contribution in [0.5, 0.6) is 0 Å². The van der Waals surface area contributed by atoms with Gasteiger partial charge in [0.2, 0.25) is 0 Å². The molecule has 0 saturated carbocycles. The van der Waals surface area contributed by atoms with E-state index in [0.717, 1.165) is 48.8 Å². The predicted molar refractivity (Wildman–Crippen MR) is 159 cm³/mol. The van der Waals surface area contributed by atoms with E-state index in [-0.39, 0.29) is 36.8 Å². The molecule has 2 aromatic carbocycles. The maximum atomic E-state index is 13.4. The topological polar surface area (TPSA) is 26.8 Å². The van der Waals surface area contributed by atoms with Crippen LogP contribution >= 0.6 is 59.8 Å². The van der Waals surface area contributed by atoms with Crippen molar-refractivity contribution >= 4 is 65.7 Å². The number of halogens is 7. The van der Waals surface area contributed by atoms with Crippen molar-refractivity contribution in [2.24, 2.45) is 0 Å². The van der Waals surface area contributed by atoms with Gasteiger partial charge in [0.25, 0.3) is 5.91 Å². The summed E-state index contributed by atoms with van der Waals surface area (Å²) in [7, 11) is 0. The number of carbonyl (C=O) groups is 1. The first-order chi connectivity index (χ1) is 17.7. The quantitative estimate of drug-likeness (QED) is 0.359. The molecule has 0 aromatic heterocycles. The second-order valence-electron chi connectivity index (χ2n) is 9.19. The van der Waals surface area contributed by atoms with Gasteiger partial charge in [0.05, 0.1) is 18.7 Å². The molecule has 0 unspecified atom stereocenters. The molecule has 2 fully saturated rings. The van der Waals surface area contributed by atoms with Crippen molar-refractivity contribution in [2.45, 2.75) is 18.6 Å². The van der Waals surface area contributed by atoms with E-state index in [2.05, 4.69) is 21.6 Å². The Morgan fingerprint density at radius 3 is 2.08 bits per heavy atom. The van der Waals surface area contributed by atoms with E-state index in [0.29, 0.717) is 48.2 Å².